The smallest absolute Gasteiger partial charge is 0.418 e. The lowest BCUT2D eigenvalue weighted by molar-refractivity contribution is -0.138. The van der Waals surface area contributed by atoms with Gasteiger partial charge in [-0.05, 0) is 46.3 Å². The topological polar surface area (TPSA) is 92.8 Å². The van der Waals surface area contributed by atoms with Gasteiger partial charge in [0.25, 0.3) is 5.91 Å². The summed E-state index contributed by atoms with van der Waals surface area (Å²) in [6, 6.07) is 9.09. The van der Waals surface area contributed by atoms with Crippen LogP contribution >= 0.6 is 15.9 Å². The van der Waals surface area contributed by atoms with Gasteiger partial charge in [-0.3, -0.25) is 9.89 Å². The molecule has 31 heavy (non-hydrogen) atoms. The molecule has 158 valence electrons. The normalized spacial score (nSPS) is 11.5. The first-order valence-electron chi connectivity index (χ1n) is 8.79. The largest absolute Gasteiger partial charge is 0.481 e. The molecule has 0 fully saturated rings. The van der Waals surface area contributed by atoms with Crippen molar-refractivity contribution in [3.05, 3.63) is 64.5 Å². The second kappa shape index (κ2) is 7.99. The first-order chi connectivity index (χ1) is 14.8. The predicted molar refractivity (Wildman–Crippen MR) is 111 cm³/mol. The molecule has 0 unspecified atom stereocenters. The number of ether oxygens (including phenoxy) is 1. The third kappa shape index (κ3) is 4.22. The highest BCUT2D eigenvalue weighted by Gasteiger charge is 2.36. The van der Waals surface area contributed by atoms with Crippen molar-refractivity contribution in [3.8, 4) is 17.1 Å². The van der Waals surface area contributed by atoms with Crippen LogP contribution in [0.2, 0.25) is 0 Å². The van der Waals surface area contributed by atoms with E-state index in [-0.39, 0.29) is 4.47 Å². The summed E-state index contributed by atoms with van der Waals surface area (Å²) >= 11 is 2.95. The first-order valence-corrected chi connectivity index (χ1v) is 9.58. The van der Waals surface area contributed by atoms with E-state index in [0.29, 0.717) is 28.2 Å². The molecule has 3 heterocycles. The molecule has 3 aromatic heterocycles. The molecule has 4 rings (SSSR count). The number of rotatable bonds is 4. The summed E-state index contributed by atoms with van der Waals surface area (Å²) in [5.74, 6) is -0.575. The van der Waals surface area contributed by atoms with E-state index in [1.165, 1.54) is 7.11 Å². The van der Waals surface area contributed by atoms with Crippen LogP contribution in [0, 0.1) is 0 Å². The molecule has 0 saturated heterocycles. The zero-order chi connectivity index (χ0) is 22.2. The van der Waals surface area contributed by atoms with E-state index >= 15 is 0 Å². The minimum atomic E-state index is -4.73. The molecule has 0 aliphatic rings. The summed E-state index contributed by atoms with van der Waals surface area (Å²) in [4.78, 5) is 20.3. The number of benzene rings is 1. The van der Waals surface area contributed by atoms with Gasteiger partial charge < -0.3 is 10.1 Å². The third-order valence-electron chi connectivity index (χ3n) is 4.41. The second-order valence-corrected chi connectivity index (χ2v) is 7.34. The van der Waals surface area contributed by atoms with Crippen molar-refractivity contribution in [1.82, 2.24) is 20.2 Å². The number of pyridine rings is 2. The number of aromatic nitrogens is 4. The monoisotopic (exact) mass is 491 g/mol. The first kappa shape index (κ1) is 20.8. The summed E-state index contributed by atoms with van der Waals surface area (Å²) in [6.07, 6.45) is -2.03. The standard InChI is InChI=1S/C20H13BrF3N5O2/c1-31-16-6-10(4-5-25-16)17-13-8-12(2-3-15(13)28-29-17)27-19(30)18-14(20(22,23)24)7-11(21)9-26-18/h2-9H,1H3,(H,27,30)(H,28,29). The van der Waals surface area contributed by atoms with Crippen LogP contribution in [0.3, 0.4) is 0 Å². The number of anilines is 1. The number of fused-ring (bicyclic) bond motifs is 1. The van der Waals surface area contributed by atoms with E-state index in [4.69, 9.17) is 4.74 Å². The summed E-state index contributed by atoms with van der Waals surface area (Å²) in [6.45, 7) is 0. The molecule has 11 heteroatoms. The number of halogens is 4. The van der Waals surface area contributed by atoms with Crippen molar-refractivity contribution in [1.29, 1.82) is 0 Å². The Balaban J connectivity index is 1.70. The molecular formula is C20H13BrF3N5O2. The molecule has 0 atom stereocenters. The van der Waals surface area contributed by atoms with E-state index < -0.39 is 23.3 Å². The number of H-pyrrole nitrogens is 1. The fourth-order valence-corrected chi connectivity index (χ4v) is 3.34. The van der Waals surface area contributed by atoms with Gasteiger partial charge >= 0.3 is 6.18 Å². The number of aromatic amines is 1. The Hall–Kier alpha value is -3.47. The second-order valence-electron chi connectivity index (χ2n) is 6.42. The minimum absolute atomic E-state index is 0.119. The Kier molecular flexibility index (Phi) is 5.36. The van der Waals surface area contributed by atoms with Gasteiger partial charge in [-0.1, -0.05) is 0 Å². The number of amides is 1. The molecule has 1 amide bonds. The number of carbonyl (C=O) groups excluding carboxylic acids is 1. The van der Waals surface area contributed by atoms with Gasteiger partial charge in [-0.2, -0.15) is 18.3 Å². The summed E-state index contributed by atoms with van der Waals surface area (Å²) < 4.78 is 45.2. The molecule has 4 aromatic rings. The van der Waals surface area contributed by atoms with Crippen LogP contribution in [0.1, 0.15) is 16.1 Å². The highest BCUT2D eigenvalue weighted by molar-refractivity contribution is 9.10. The van der Waals surface area contributed by atoms with Crippen molar-refractivity contribution in [2.45, 2.75) is 6.18 Å². The van der Waals surface area contributed by atoms with Crippen molar-refractivity contribution < 1.29 is 22.7 Å². The van der Waals surface area contributed by atoms with Crippen molar-refractivity contribution in [3.63, 3.8) is 0 Å². The molecule has 0 aliphatic heterocycles. The highest BCUT2D eigenvalue weighted by Crippen LogP contribution is 2.34. The molecule has 1 aromatic carbocycles. The number of methoxy groups -OCH3 is 1. The van der Waals surface area contributed by atoms with Gasteiger partial charge in [0.05, 0.1) is 18.2 Å². The van der Waals surface area contributed by atoms with Gasteiger partial charge in [-0.15, -0.1) is 0 Å². The molecule has 0 radical (unpaired) electrons. The third-order valence-corrected chi connectivity index (χ3v) is 4.85. The summed E-state index contributed by atoms with van der Waals surface area (Å²) in [5.41, 5.74) is 0.413. The van der Waals surface area contributed by atoms with Crippen molar-refractivity contribution >= 4 is 38.4 Å². The van der Waals surface area contributed by atoms with Crippen LogP contribution in [0.5, 0.6) is 5.88 Å². The van der Waals surface area contributed by atoms with Gasteiger partial charge in [-0.25, -0.2) is 9.97 Å². The zero-order valence-corrected chi connectivity index (χ0v) is 17.4. The highest BCUT2D eigenvalue weighted by atomic mass is 79.9. The SMILES string of the molecule is COc1cc(-c2n[nH]c3ccc(NC(=O)c4ncc(Br)cc4C(F)(F)F)cc23)ccn1. The van der Waals surface area contributed by atoms with Crippen molar-refractivity contribution in [2.24, 2.45) is 0 Å². The Labute approximate surface area is 181 Å². The molecule has 0 bridgehead atoms. The fraction of sp³-hybridized carbons (Fsp3) is 0.100. The number of hydrogen-bond acceptors (Lipinski definition) is 5. The Morgan fingerprint density at radius 2 is 1.97 bits per heavy atom. The lowest BCUT2D eigenvalue weighted by Gasteiger charge is -2.12. The number of nitrogens with zero attached hydrogens (tertiary/aromatic N) is 3. The maximum Gasteiger partial charge on any atom is 0.418 e. The van der Waals surface area contributed by atoms with Gasteiger partial charge in [0.1, 0.15) is 11.4 Å². The number of nitrogens with one attached hydrogen (secondary N) is 2. The van der Waals surface area contributed by atoms with Crippen LogP contribution in [0.4, 0.5) is 18.9 Å². The van der Waals surface area contributed by atoms with Gasteiger partial charge in [0.2, 0.25) is 5.88 Å². The van der Waals surface area contributed by atoms with Crippen LogP contribution < -0.4 is 10.1 Å². The van der Waals surface area contributed by atoms with E-state index in [2.05, 4.69) is 41.4 Å². The molecule has 2 N–H and O–H groups in total. The molecular weight excluding hydrogens is 479 g/mol. The van der Waals surface area contributed by atoms with Crippen molar-refractivity contribution in [2.75, 3.05) is 12.4 Å². The lowest BCUT2D eigenvalue weighted by atomic mass is 10.1. The Bertz CT molecular complexity index is 1290. The average Bonchev–Trinajstić information content (AvgIpc) is 3.16. The van der Waals surface area contributed by atoms with E-state index in [9.17, 15) is 18.0 Å². The Morgan fingerprint density at radius 3 is 2.71 bits per heavy atom. The molecule has 7 nitrogen and oxygen atoms in total. The number of alkyl halides is 3. The minimum Gasteiger partial charge on any atom is -0.481 e. The average molecular weight is 492 g/mol. The van der Waals surface area contributed by atoms with E-state index in [0.717, 1.165) is 17.8 Å². The maximum atomic E-state index is 13.3. The predicted octanol–water partition coefficient (Wildman–Crippen LogP) is 5.06. The van der Waals surface area contributed by atoms with E-state index in [1.54, 1.807) is 36.5 Å². The molecule has 0 aliphatic carbocycles. The van der Waals surface area contributed by atoms with Crippen LogP contribution in [0.25, 0.3) is 22.2 Å². The summed E-state index contributed by atoms with van der Waals surface area (Å²) in [5, 5.41) is 10.3. The Morgan fingerprint density at radius 1 is 1.16 bits per heavy atom. The van der Waals surface area contributed by atoms with Crippen LogP contribution in [-0.2, 0) is 6.18 Å². The number of carbonyl (C=O) groups is 1. The fourth-order valence-electron chi connectivity index (χ4n) is 3.01. The van der Waals surface area contributed by atoms with E-state index in [1.807, 2.05) is 0 Å². The molecule has 0 spiro atoms. The summed E-state index contributed by atoms with van der Waals surface area (Å²) in [7, 11) is 1.49. The quantitative estimate of drug-likeness (QED) is 0.416. The maximum absolute atomic E-state index is 13.3. The lowest BCUT2D eigenvalue weighted by Crippen LogP contribution is -2.20. The van der Waals surface area contributed by atoms with Gasteiger partial charge in [0.15, 0.2) is 0 Å². The van der Waals surface area contributed by atoms with Crippen LogP contribution in [0.15, 0.2) is 53.3 Å². The molecule has 0 saturated carbocycles. The van der Waals surface area contributed by atoms with Gasteiger partial charge in [0, 0.05) is 39.6 Å². The van der Waals surface area contributed by atoms with Crippen LogP contribution in [-0.4, -0.2) is 33.2 Å². The number of hydrogen-bond donors (Lipinski definition) is 2. The zero-order valence-electron chi connectivity index (χ0n) is 15.8.